The molecule has 1 fully saturated rings. The number of nitrogens with two attached hydrogens (primary N) is 1. The Morgan fingerprint density at radius 1 is 1.35 bits per heavy atom. The van der Waals surface area contributed by atoms with E-state index in [1.165, 1.54) is 0 Å². The van der Waals surface area contributed by atoms with Crippen LogP contribution in [-0.4, -0.2) is 29.3 Å². The summed E-state index contributed by atoms with van der Waals surface area (Å²) in [5.41, 5.74) is 6.86. The van der Waals surface area contributed by atoms with Crippen LogP contribution < -0.4 is 10.5 Å². The molecule has 5 nitrogen and oxygen atoms in total. The Morgan fingerprint density at radius 2 is 2.00 bits per heavy atom. The van der Waals surface area contributed by atoms with Gasteiger partial charge in [-0.2, -0.15) is 0 Å². The van der Waals surface area contributed by atoms with Crippen LogP contribution in [0.2, 0.25) is 0 Å². The third-order valence-electron chi connectivity index (χ3n) is 4.30. The molecule has 0 aliphatic heterocycles. The van der Waals surface area contributed by atoms with Crippen molar-refractivity contribution in [2.75, 3.05) is 13.7 Å². The van der Waals surface area contributed by atoms with Crippen LogP contribution in [-0.2, 0) is 4.74 Å². The van der Waals surface area contributed by atoms with E-state index in [0.717, 1.165) is 31.6 Å². The molecule has 0 saturated heterocycles. The molecule has 1 unspecified atom stereocenters. The first-order valence-corrected chi connectivity index (χ1v) is 7.37. The fourth-order valence-corrected chi connectivity index (χ4v) is 3.04. The van der Waals surface area contributed by atoms with Crippen molar-refractivity contribution in [2.45, 2.75) is 51.2 Å². The van der Waals surface area contributed by atoms with E-state index in [1.54, 1.807) is 19.5 Å². The van der Waals surface area contributed by atoms with Gasteiger partial charge in [0.15, 0.2) is 0 Å². The predicted molar refractivity (Wildman–Crippen MR) is 77.5 cm³/mol. The van der Waals surface area contributed by atoms with Crippen molar-refractivity contribution in [1.82, 2.24) is 9.97 Å². The Labute approximate surface area is 120 Å². The Hall–Kier alpha value is -1.20. The van der Waals surface area contributed by atoms with Crippen molar-refractivity contribution >= 4 is 0 Å². The number of ether oxygens (including phenoxy) is 2. The van der Waals surface area contributed by atoms with Gasteiger partial charge in [0.1, 0.15) is 5.69 Å². The number of nitrogens with zero attached hydrogens (tertiary/aromatic N) is 2. The highest BCUT2D eigenvalue weighted by Gasteiger charge is 2.43. The van der Waals surface area contributed by atoms with E-state index in [-0.39, 0.29) is 11.6 Å². The first-order valence-electron chi connectivity index (χ1n) is 7.37. The molecular formula is C15H25N3O2. The maximum Gasteiger partial charge on any atom is 0.237 e. The molecule has 1 heterocycles. The van der Waals surface area contributed by atoms with Crippen LogP contribution in [0.15, 0.2) is 12.4 Å². The predicted octanol–water partition coefficient (Wildman–Crippen LogP) is 2.47. The third-order valence-corrected chi connectivity index (χ3v) is 4.30. The van der Waals surface area contributed by atoms with Gasteiger partial charge in [-0.25, -0.2) is 4.98 Å². The molecule has 1 aliphatic carbocycles. The smallest absolute Gasteiger partial charge is 0.237 e. The van der Waals surface area contributed by atoms with Gasteiger partial charge in [-0.15, -0.1) is 0 Å². The molecule has 1 aliphatic rings. The van der Waals surface area contributed by atoms with E-state index in [9.17, 15) is 0 Å². The van der Waals surface area contributed by atoms with Crippen LogP contribution in [0, 0.1) is 5.92 Å². The molecule has 0 amide bonds. The first-order chi connectivity index (χ1) is 9.63. The van der Waals surface area contributed by atoms with E-state index in [4.69, 9.17) is 15.2 Å². The van der Waals surface area contributed by atoms with Gasteiger partial charge < -0.3 is 15.2 Å². The molecule has 0 radical (unpaired) electrons. The maximum absolute atomic E-state index is 6.51. The Morgan fingerprint density at radius 3 is 2.60 bits per heavy atom. The lowest BCUT2D eigenvalue weighted by atomic mass is 9.74. The summed E-state index contributed by atoms with van der Waals surface area (Å²) in [6, 6.07) is -0.307. The number of hydrogen-bond donors (Lipinski definition) is 1. The zero-order chi connectivity index (χ0) is 14.6. The van der Waals surface area contributed by atoms with Crippen LogP contribution in [0.1, 0.15) is 51.3 Å². The summed E-state index contributed by atoms with van der Waals surface area (Å²) in [7, 11) is 1.59. The minimum Gasteiger partial charge on any atom is -0.480 e. The van der Waals surface area contributed by atoms with Gasteiger partial charge >= 0.3 is 0 Å². The highest BCUT2D eigenvalue weighted by Crippen LogP contribution is 2.42. The van der Waals surface area contributed by atoms with Gasteiger partial charge in [-0.3, -0.25) is 4.98 Å². The topological polar surface area (TPSA) is 70.3 Å². The summed E-state index contributed by atoms with van der Waals surface area (Å²) >= 11 is 0. The van der Waals surface area contributed by atoms with Crippen molar-refractivity contribution in [3.63, 3.8) is 0 Å². The van der Waals surface area contributed by atoms with E-state index >= 15 is 0 Å². The molecule has 2 N–H and O–H groups in total. The fourth-order valence-electron chi connectivity index (χ4n) is 3.04. The van der Waals surface area contributed by atoms with Gasteiger partial charge in [0, 0.05) is 19.0 Å². The lowest BCUT2D eigenvalue weighted by Crippen LogP contribution is -2.47. The molecular weight excluding hydrogens is 254 g/mol. The average Bonchev–Trinajstić information content (AvgIpc) is 2.49. The summed E-state index contributed by atoms with van der Waals surface area (Å²) < 4.78 is 11.4. The minimum absolute atomic E-state index is 0.307. The van der Waals surface area contributed by atoms with Crippen molar-refractivity contribution in [2.24, 2.45) is 11.7 Å². The molecule has 5 heteroatoms. The number of hydrogen-bond acceptors (Lipinski definition) is 5. The third kappa shape index (κ3) is 2.94. The number of methoxy groups -OCH3 is 1. The first kappa shape index (κ1) is 15.2. The molecule has 0 spiro atoms. The Balaban J connectivity index is 2.29. The summed E-state index contributed by atoms with van der Waals surface area (Å²) in [6.45, 7) is 4.95. The summed E-state index contributed by atoms with van der Waals surface area (Å²) in [4.78, 5) is 8.58. The normalized spacial score (nSPS) is 28.1. The fraction of sp³-hybridized carbons (Fsp3) is 0.733. The molecule has 1 saturated carbocycles. The molecule has 0 aromatic carbocycles. The quantitative estimate of drug-likeness (QED) is 0.896. The lowest BCUT2D eigenvalue weighted by Gasteiger charge is -2.43. The SMILES string of the molecule is CCOC1(C(N)c2nccnc2OC)CCC(C)CC1. The van der Waals surface area contributed by atoms with E-state index < -0.39 is 0 Å². The number of aromatic nitrogens is 2. The second kappa shape index (κ2) is 6.50. The molecule has 1 atom stereocenters. The second-order valence-electron chi connectivity index (χ2n) is 5.61. The van der Waals surface area contributed by atoms with Gasteiger partial charge in [0.2, 0.25) is 5.88 Å². The van der Waals surface area contributed by atoms with Gasteiger partial charge in [0.25, 0.3) is 0 Å². The van der Waals surface area contributed by atoms with Crippen LogP contribution in [0.5, 0.6) is 5.88 Å². The van der Waals surface area contributed by atoms with Gasteiger partial charge in [0.05, 0.1) is 18.8 Å². The van der Waals surface area contributed by atoms with Crippen molar-refractivity contribution in [3.05, 3.63) is 18.1 Å². The zero-order valence-corrected chi connectivity index (χ0v) is 12.6. The van der Waals surface area contributed by atoms with Crippen molar-refractivity contribution in [3.8, 4) is 5.88 Å². The maximum atomic E-state index is 6.51. The van der Waals surface area contributed by atoms with Crippen molar-refractivity contribution < 1.29 is 9.47 Å². The zero-order valence-electron chi connectivity index (χ0n) is 12.6. The molecule has 1 aromatic heterocycles. The Bertz CT molecular complexity index is 431. The molecule has 2 rings (SSSR count). The Kier molecular flexibility index (Phi) is 4.94. The van der Waals surface area contributed by atoms with Crippen molar-refractivity contribution in [1.29, 1.82) is 0 Å². The molecule has 1 aromatic rings. The summed E-state index contributed by atoms with van der Waals surface area (Å²) in [5.74, 6) is 1.23. The van der Waals surface area contributed by atoms with Crippen LogP contribution in [0.3, 0.4) is 0 Å². The van der Waals surface area contributed by atoms with E-state index in [0.29, 0.717) is 18.2 Å². The largest absolute Gasteiger partial charge is 0.480 e. The molecule has 0 bridgehead atoms. The number of rotatable bonds is 5. The monoisotopic (exact) mass is 279 g/mol. The van der Waals surface area contributed by atoms with Gasteiger partial charge in [-0.1, -0.05) is 6.92 Å². The highest BCUT2D eigenvalue weighted by atomic mass is 16.5. The second-order valence-corrected chi connectivity index (χ2v) is 5.61. The standard InChI is InChI=1S/C15H25N3O2/c1-4-20-15(7-5-11(2)6-8-15)13(16)12-14(19-3)18-10-9-17-12/h9-11,13H,4-8,16H2,1-3H3. The minimum atomic E-state index is -0.343. The highest BCUT2D eigenvalue weighted by molar-refractivity contribution is 5.24. The molecule has 112 valence electrons. The lowest BCUT2D eigenvalue weighted by molar-refractivity contribution is -0.0908. The average molecular weight is 279 g/mol. The van der Waals surface area contributed by atoms with Gasteiger partial charge in [-0.05, 0) is 38.5 Å². The van der Waals surface area contributed by atoms with Crippen LogP contribution >= 0.6 is 0 Å². The van der Waals surface area contributed by atoms with E-state index in [1.807, 2.05) is 6.92 Å². The van der Waals surface area contributed by atoms with Crippen LogP contribution in [0.4, 0.5) is 0 Å². The summed E-state index contributed by atoms with van der Waals surface area (Å²) in [5, 5.41) is 0. The van der Waals surface area contributed by atoms with Crippen LogP contribution in [0.25, 0.3) is 0 Å². The van der Waals surface area contributed by atoms with E-state index in [2.05, 4.69) is 16.9 Å². The molecule has 20 heavy (non-hydrogen) atoms. The summed E-state index contributed by atoms with van der Waals surface area (Å²) in [6.07, 6.45) is 7.46.